The van der Waals surface area contributed by atoms with E-state index >= 15 is 0 Å². The standard InChI is InChI=1S/C7H13NO4S.Na/c1-4-6(9)8-7(2,3)5-13(10,11)12;/h4H,1,5H2,2-3H3,(H2,8,9,10,11,12);/q;+1/p-1. The number of hydrogen-bond donors (Lipinski definition) is 1. The molecule has 0 spiro atoms. The third kappa shape index (κ3) is 8.71. The van der Waals surface area contributed by atoms with Crippen molar-refractivity contribution in [3.8, 4) is 0 Å². The molecule has 0 atom stereocenters. The number of carbonyl (C=O) groups excluding carboxylic acids is 1. The summed E-state index contributed by atoms with van der Waals surface area (Å²) in [6, 6.07) is 0. The van der Waals surface area contributed by atoms with E-state index in [1.165, 1.54) is 13.8 Å². The maximum atomic E-state index is 10.8. The molecule has 0 saturated heterocycles. The second kappa shape index (κ2) is 5.87. The molecule has 0 aromatic heterocycles. The molecular weight excluding hydrogens is 217 g/mol. The third-order valence-corrected chi connectivity index (χ3v) is 2.19. The monoisotopic (exact) mass is 229 g/mol. The van der Waals surface area contributed by atoms with Gasteiger partial charge in [0, 0.05) is 0 Å². The molecule has 14 heavy (non-hydrogen) atoms. The largest absolute Gasteiger partial charge is 1.00 e. The van der Waals surface area contributed by atoms with Crippen molar-refractivity contribution in [1.29, 1.82) is 0 Å². The fourth-order valence-electron chi connectivity index (χ4n) is 0.823. The molecule has 0 bridgehead atoms. The second-order valence-corrected chi connectivity index (χ2v) is 4.65. The number of hydrogen-bond acceptors (Lipinski definition) is 3. The number of nitrogens with zero attached hydrogens (tertiary/aromatic N) is 1. The van der Waals surface area contributed by atoms with Gasteiger partial charge in [-0.05, 0) is 6.08 Å². The van der Waals surface area contributed by atoms with Crippen molar-refractivity contribution in [2.24, 2.45) is 0 Å². The molecule has 0 aliphatic heterocycles. The van der Waals surface area contributed by atoms with Gasteiger partial charge in [0.1, 0.15) is 0 Å². The molecule has 0 saturated carbocycles. The maximum Gasteiger partial charge on any atom is 1.00 e. The Hall–Kier alpha value is 0.120. The normalized spacial score (nSPS) is 11.4. The van der Waals surface area contributed by atoms with Crippen LogP contribution in [0.2, 0.25) is 0 Å². The first-order valence-electron chi connectivity index (χ1n) is 3.51. The van der Waals surface area contributed by atoms with Crippen molar-refractivity contribution in [3.05, 3.63) is 18.0 Å². The molecule has 76 valence electrons. The molecule has 7 heteroatoms. The SMILES string of the molecule is C=CC(=O)[N-]C(C)(C)CS(=O)(=O)O.[Na+]. The van der Waals surface area contributed by atoms with Crippen LogP contribution in [0.25, 0.3) is 5.32 Å². The molecule has 0 unspecified atom stereocenters. The molecule has 1 amide bonds. The van der Waals surface area contributed by atoms with Gasteiger partial charge in [-0.1, -0.05) is 26.0 Å². The summed E-state index contributed by atoms with van der Waals surface area (Å²) in [6.07, 6.45) is 0.978. The van der Waals surface area contributed by atoms with E-state index in [9.17, 15) is 13.2 Å². The minimum atomic E-state index is -4.12. The Balaban J connectivity index is 0. The minimum Gasteiger partial charge on any atom is -0.644 e. The van der Waals surface area contributed by atoms with Gasteiger partial charge in [-0.3, -0.25) is 4.55 Å². The predicted molar refractivity (Wildman–Crippen MR) is 49.1 cm³/mol. The van der Waals surface area contributed by atoms with Crippen molar-refractivity contribution >= 4 is 16.0 Å². The van der Waals surface area contributed by atoms with Gasteiger partial charge in [0.2, 0.25) is 0 Å². The van der Waals surface area contributed by atoms with Crippen molar-refractivity contribution in [3.63, 3.8) is 0 Å². The summed E-state index contributed by atoms with van der Waals surface area (Å²) in [7, 11) is -4.12. The number of rotatable bonds is 4. The topological polar surface area (TPSA) is 85.5 Å². The van der Waals surface area contributed by atoms with Gasteiger partial charge in [-0.25, -0.2) is 0 Å². The van der Waals surface area contributed by atoms with Crippen molar-refractivity contribution < 1.29 is 47.3 Å². The Morgan fingerprint density at radius 1 is 1.57 bits per heavy atom. The molecule has 0 fully saturated rings. The van der Waals surface area contributed by atoms with E-state index in [0.29, 0.717) is 0 Å². The van der Waals surface area contributed by atoms with E-state index in [0.717, 1.165) is 6.08 Å². The smallest absolute Gasteiger partial charge is 0.644 e. The van der Waals surface area contributed by atoms with Crippen LogP contribution in [0.1, 0.15) is 13.8 Å². The molecular formula is C7H12NNaO4S. The molecule has 0 heterocycles. The summed E-state index contributed by atoms with van der Waals surface area (Å²) in [5.74, 6) is -1.19. The summed E-state index contributed by atoms with van der Waals surface area (Å²) in [5, 5.41) is 3.52. The summed E-state index contributed by atoms with van der Waals surface area (Å²) < 4.78 is 29.5. The Morgan fingerprint density at radius 3 is 2.29 bits per heavy atom. The Morgan fingerprint density at radius 2 is 2.00 bits per heavy atom. The zero-order valence-electron chi connectivity index (χ0n) is 8.52. The fraction of sp³-hybridized carbons (Fsp3) is 0.571. The van der Waals surface area contributed by atoms with Crippen LogP contribution >= 0.6 is 0 Å². The fourth-order valence-corrected chi connectivity index (χ4v) is 1.78. The average Bonchev–Trinajstić information content (AvgIpc) is 1.80. The van der Waals surface area contributed by atoms with Crippen LogP contribution in [-0.2, 0) is 14.9 Å². The Kier molecular flexibility index (Phi) is 6.94. The molecule has 0 aliphatic rings. The number of carbonyl (C=O) groups is 1. The van der Waals surface area contributed by atoms with Crippen LogP contribution in [-0.4, -0.2) is 30.2 Å². The van der Waals surface area contributed by atoms with Gasteiger partial charge in [0.15, 0.2) is 0 Å². The van der Waals surface area contributed by atoms with Gasteiger partial charge >= 0.3 is 29.6 Å². The van der Waals surface area contributed by atoms with Crippen molar-refractivity contribution in [1.82, 2.24) is 0 Å². The van der Waals surface area contributed by atoms with Gasteiger partial charge in [0.25, 0.3) is 10.1 Å². The van der Waals surface area contributed by atoms with Crippen LogP contribution in [0.15, 0.2) is 12.7 Å². The first-order valence-corrected chi connectivity index (χ1v) is 5.12. The first kappa shape index (κ1) is 16.5. The molecule has 5 nitrogen and oxygen atoms in total. The quantitative estimate of drug-likeness (QED) is 0.335. The second-order valence-electron chi connectivity index (χ2n) is 3.19. The molecule has 0 aromatic rings. The average molecular weight is 229 g/mol. The van der Waals surface area contributed by atoms with Crippen LogP contribution in [0, 0.1) is 0 Å². The first-order chi connectivity index (χ1) is 5.66. The Bertz CT molecular complexity index is 310. The summed E-state index contributed by atoms with van der Waals surface area (Å²) in [6.45, 7) is 6.05. The van der Waals surface area contributed by atoms with E-state index in [-0.39, 0.29) is 29.6 Å². The third-order valence-electron chi connectivity index (χ3n) is 1.12. The van der Waals surface area contributed by atoms with Gasteiger partial charge in [-0.15, -0.1) is 0 Å². The zero-order chi connectivity index (χ0) is 10.7. The molecule has 0 radical (unpaired) electrons. The van der Waals surface area contributed by atoms with Gasteiger partial charge in [0.05, 0.1) is 11.7 Å². The molecule has 0 rings (SSSR count). The van der Waals surface area contributed by atoms with E-state index < -0.39 is 27.3 Å². The van der Waals surface area contributed by atoms with Gasteiger partial charge in [-0.2, -0.15) is 8.42 Å². The molecule has 1 N–H and O–H groups in total. The van der Waals surface area contributed by atoms with E-state index in [4.69, 9.17) is 4.55 Å². The zero-order valence-corrected chi connectivity index (χ0v) is 11.3. The van der Waals surface area contributed by atoms with E-state index in [1.54, 1.807) is 0 Å². The summed E-state index contributed by atoms with van der Waals surface area (Å²) in [5.41, 5.74) is -1.13. The predicted octanol–water partition coefficient (Wildman–Crippen LogP) is -2.26. The summed E-state index contributed by atoms with van der Waals surface area (Å²) in [4.78, 5) is 10.8. The van der Waals surface area contributed by atoms with Crippen LogP contribution in [0.4, 0.5) is 0 Å². The minimum absolute atomic E-state index is 0. The number of amides is 1. The van der Waals surface area contributed by atoms with Crippen LogP contribution < -0.4 is 29.6 Å². The van der Waals surface area contributed by atoms with Crippen LogP contribution in [0.5, 0.6) is 0 Å². The Labute approximate surface area is 106 Å². The molecule has 0 aromatic carbocycles. The van der Waals surface area contributed by atoms with E-state index in [1.807, 2.05) is 0 Å². The van der Waals surface area contributed by atoms with Crippen molar-refractivity contribution in [2.75, 3.05) is 5.75 Å². The van der Waals surface area contributed by atoms with Gasteiger partial charge < -0.3 is 10.1 Å². The van der Waals surface area contributed by atoms with Crippen LogP contribution in [0.3, 0.4) is 0 Å². The van der Waals surface area contributed by atoms with E-state index in [2.05, 4.69) is 11.9 Å². The van der Waals surface area contributed by atoms with Crippen molar-refractivity contribution in [2.45, 2.75) is 19.4 Å². The molecule has 0 aliphatic carbocycles. The summed E-state index contributed by atoms with van der Waals surface area (Å²) >= 11 is 0. The maximum absolute atomic E-state index is 10.8.